The number of rotatable bonds is 12. The number of methoxy groups -OCH3 is 2. The second-order valence-electron chi connectivity index (χ2n) is 9.95. The molecule has 0 saturated heterocycles. The van der Waals surface area contributed by atoms with Crippen LogP contribution in [0, 0.1) is 4.78 Å². The van der Waals surface area contributed by atoms with Gasteiger partial charge in [-0.25, -0.2) is 8.99 Å². The Kier molecular flexibility index (Phi) is 8.91. The second kappa shape index (κ2) is 12.4. The smallest absolute Gasteiger partial charge is 0.263 e. The Morgan fingerprint density at radius 1 is 1.00 bits per heavy atom. The van der Waals surface area contributed by atoms with Crippen LogP contribution in [0.1, 0.15) is 40.9 Å². The molecule has 1 atom stereocenters. The number of hydrogen-bond acceptors (Lipinski definition) is 7. The number of nitrogens with one attached hydrogen (secondary N) is 2. The molecule has 1 aromatic heterocycles. The average Bonchev–Trinajstić information content (AvgIpc) is 3.46. The fraction of sp³-hybridized carbons (Fsp3) is 0.267. The molecule has 1 unspecified atom stereocenters. The Morgan fingerprint density at radius 2 is 1.75 bits per heavy atom. The van der Waals surface area contributed by atoms with Gasteiger partial charge in [0.25, 0.3) is 5.91 Å². The van der Waals surface area contributed by atoms with E-state index >= 15 is 0 Å². The van der Waals surface area contributed by atoms with Crippen molar-refractivity contribution in [2.45, 2.75) is 37.3 Å². The minimum absolute atomic E-state index is 0.0826. The third-order valence-electron chi connectivity index (χ3n) is 6.51. The van der Waals surface area contributed by atoms with E-state index in [0.717, 1.165) is 16.7 Å². The maximum atomic E-state index is 13.6. The van der Waals surface area contributed by atoms with Gasteiger partial charge in [0.15, 0.2) is 9.92 Å². The van der Waals surface area contributed by atoms with E-state index in [4.69, 9.17) is 19.0 Å². The van der Waals surface area contributed by atoms with Crippen LogP contribution in [0.4, 0.5) is 0 Å². The minimum Gasteiger partial charge on any atom is -0.496 e. The third-order valence-corrected chi connectivity index (χ3v) is 7.92. The predicted octanol–water partition coefficient (Wildman–Crippen LogP) is 5.19. The molecule has 0 saturated carbocycles. The summed E-state index contributed by atoms with van der Waals surface area (Å²) in [5.41, 5.74) is 2.44. The fourth-order valence-electron chi connectivity index (χ4n) is 4.23. The molecule has 1 amide bonds. The summed E-state index contributed by atoms with van der Waals surface area (Å²) in [6.07, 6.45) is 3.51. The van der Waals surface area contributed by atoms with E-state index in [1.54, 1.807) is 41.2 Å². The molecule has 0 radical (unpaired) electrons. The van der Waals surface area contributed by atoms with Crippen LogP contribution in [0.5, 0.6) is 11.5 Å². The molecule has 9 nitrogen and oxygen atoms in total. The molecule has 0 aliphatic heterocycles. The topological polar surface area (TPSA) is 116 Å². The lowest BCUT2D eigenvalue weighted by Crippen LogP contribution is -2.31. The Hall–Kier alpha value is -4.15. The number of nitrogens with zero attached hydrogens (tertiary/aromatic N) is 2. The van der Waals surface area contributed by atoms with Crippen LogP contribution in [0.3, 0.4) is 0 Å². The van der Waals surface area contributed by atoms with Gasteiger partial charge in [0.05, 0.1) is 34.0 Å². The van der Waals surface area contributed by atoms with E-state index < -0.39 is 21.2 Å². The van der Waals surface area contributed by atoms with E-state index in [9.17, 15) is 9.00 Å². The molecule has 0 fully saturated rings. The summed E-state index contributed by atoms with van der Waals surface area (Å²) >= 11 is 0. The summed E-state index contributed by atoms with van der Waals surface area (Å²) in [5, 5.41) is 4.20. The highest BCUT2D eigenvalue weighted by molar-refractivity contribution is 7.91. The molecule has 1 heterocycles. The monoisotopic (exact) mass is 562 g/mol. The van der Waals surface area contributed by atoms with Gasteiger partial charge in [0.1, 0.15) is 16.4 Å². The SMILES string of the molecule is COc1cc(C(=O)NS(=N)(=O)c2cc(C(C)(C)COCc3ccccc3)ccc2OC)ccc1Cn1cccn1. The lowest BCUT2D eigenvalue weighted by Gasteiger charge is -2.26. The normalized spacial score (nSPS) is 12.9. The lowest BCUT2D eigenvalue weighted by molar-refractivity contribution is 0.0824. The van der Waals surface area contributed by atoms with Crippen molar-refractivity contribution >= 4 is 15.8 Å². The highest BCUT2D eigenvalue weighted by Gasteiger charge is 2.26. The van der Waals surface area contributed by atoms with Crippen molar-refractivity contribution in [1.29, 1.82) is 4.78 Å². The highest BCUT2D eigenvalue weighted by atomic mass is 32.2. The van der Waals surface area contributed by atoms with Crippen LogP contribution >= 0.6 is 0 Å². The van der Waals surface area contributed by atoms with Gasteiger partial charge >= 0.3 is 0 Å². The van der Waals surface area contributed by atoms with Crippen LogP contribution in [0.25, 0.3) is 0 Å². The van der Waals surface area contributed by atoms with Crippen LogP contribution in [0.15, 0.2) is 90.1 Å². The van der Waals surface area contributed by atoms with E-state index in [2.05, 4.69) is 9.82 Å². The summed E-state index contributed by atoms with van der Waals surface area (Å²) in [7, 11) is -0.837. The summed E-state index contributed by atoms with van der Waals surface area (Å²) < 4.78 is 43.3. The molecule has 0 spiro atoms. The predicted molar refractivity (Wildman–Crippen MR) is 153 cm³/mol. The van der Waals surface area contributed by atoms with Gasteiger partial charge in [-0.1, -0.05) is 56.3 Å². The largest absolute Gasteiger partial charge is 0.496 e. The van der Waals surface area contributed by atoms with Crippen molar-refractivity contribution in [3.8, 4) is 11.5 Å². The molecule has 3 aromatic carbocycles. The van der Waals surface area contributed by atoms with Crippen molar-refractivity contribution in [3.63, 3.8) is 0 Å². The summed E-state index contributed by atoms with van der Waals surface area (Å²) in [4.78, 5) is 13.2. The quantitative estimate of drug-likeness (QED) is 0.245. The van der Waals surface area contributed by atoms with Gasteiger partial charge in [-0.05, 0) is 41.5 Å². The number of benzene rings is 3. The highest BCUT2D eigenvalue weighted by Crippen LogP contribution is 2.32. The van der Waals surface area contributed by atoms with Crippen molar-refractivity contribution in [2.24, 2.45) is 0 Å². The average molecular weight is 563 g/mol. The van der Waals surface area contributed by atoms with Gasteiger partial charge in [-0.2, -0.15) is 5.10 Å². The molecule has 0 aliphatic rings. The number of carbonyl (C=O) groups excluding carboxylic acids is 1. The van der Waals surface area contributed by atoms with Gasteiger partial charge in [0, 0.05) is 28.9 Å². The zero-order valence-corrected chi connectivity index (χ0v) is 23.9. The van der Waals surface area contributed by atoms with Crippen molar-refractivity contribution in [1.82, 2.24) is 14.5 Å². The first-order valence-corrected chi connectivity index (χ1v) is 14.2. The van der Waals surface area contributed by atoms with Crippen LogP contribution in [-0.2, 0) is 33.2 Å². The third kappa shape index (κ3) is 6.88. The number of carbonyl (C=O) groups is 1. The molecular formula is C30H34N4O5S. The first kappa shape index (κ1) is 28.8. The molecule has 10 heteroatoms. The number of aromatic nitrogens is 2. The standard InChI is InChI=1S/C30H34N4O5S/c1-30(2,21-39-20-22-9-6-5-7-10-22)25-13-14-26(37-3)28(18-25)40(31,36)33-29(35)23-11-12-24(27(17-23)38-4)19-34-16-8-15-32-34/h5-18H,19-21H2,1-4H3,(H2,31,33,35,36). The Labute approximate surface area is 235 Å². The molecule has 40 heavy (non-hydrogen) atoms. The van der Waals surface area contributed by atoms with Crippen LogP contribution in [-0.4, -0.2) is 40.7 Å². The van der Waals surface area contributed by atoms with Gasteiger partial charge < -0.3 is 14.2 Å². The van der Waals surface area contributed by atoms with E-state index in [1.807, 2.05) is 62.5 Å². The molecule has 0 bridgehead atoms. The maximum Gasteiger partial charge on any atom is 0.263 e. The number of ether oxygens (including phenoxy) is 3. The molecule has 2 N–H and O–H groups in total. The summed E-state index contributed by atoms with van der Waals surface area (Å²) in [6.45, 7) is 5.32. The first-order chi connectivity index (χ1) is 19.1. The summed E-state index contributed by atoms with van der Waals surface area (Å²) in [6, 6.07) is 21.8. The van der Waals surface area contributed by atoms with Crippen molar-refractivity contribution in [2.75, 3.05) is 20.8 Å². The molecule has 0 aliphatic carbocycles. The number of amides is 1. The van der Waals surface area contributed by atoms with E-state index in [-0.39, 0.29) is 16.2 Å². The second-order valence-corrected chi connectivity index (χ2v) is 11.7. The zero-order chi connectivity index (χ0) is 28.8. The molecule has 210 valence electrons. The fourth-order valence-corrected chi connectivity index (χ4v) is 5.45. The minimum atomic E-state index is -3.79. The van der Waals surface area contributed by atoms with Crippen molar-refractivity contribution in [3.05, 3.63) is 107 Å². The maximum absolute atomic E-state index is 13.6. The number of hydrogen-bond donors (Lipinski definition) is 2. The Morgan fingerprint density at radius 3 is 2.42 bits per heavy atom. The lowest BCUT2D eigenvalue weighted by atomic mass is 9.85. The van der Waals surface area contributed by atoms with E-state index in [0.29, 0.717) is 25.5 Å². The van der Waals surface area contributed by atoms with Crippen LogP contribution in [0.2, 0.25) is 0 Å². The summed E-state index contributed by atoms with van der Waals surface area (Å²) in [5.74, 6) is 0.0653. The van der Waals surface area contributed by atoms with Gasteiger partial charge in [0.2, 0.25) is 0 Å². The first-order valence-electron chi connectivity index (χ1n) is 12.7. The molecule has 4 aromatic rings. The van der Waals surface area contributed by atoms with Gasteiger partial charge in [-0.3, -0.25) is 14.2 Å². The van der Waals surface area contributed by atoms with E-state index in [1.165, 1.54) is 14.2 Å². The Balaban J connectivity index is 1.52. The van der Waals surface area contributed by atoms with Gasteiger partial charge in [-0.15, -0.1) is 0 Å². The molecule has 4 rings (SSSR count). The zero-order valence-electron chi connectivity index (χ0n) is 23.0. The molecular weight excluding hydrogens is 528 g/mol. The Bertz CT molecular complexity index is 1550. The van der Waals surface area contributed by atoms with Crippen LogP contribution < -0.4 is 14.2 Å². The van der Waals surface area contributed by atoms with Crippen molar-refractivity contribution < 1.29 is 23.2 Å².